The molecule has 3 rings (SSSR count). The normalized spacial score (nSPS) is 17.9. The Balaban J connectivity index is 1.60. The molecule has 0 unspecified atom stereocenters. The summed E-state index contributed by atoms with van der Waals surface area (Å²) in [5.41, 5.74) is 1.11. The fourth-order valence-corrected chi connectivity index (χ4v) is 2.44. The van der Waals surface area contributed by atoms with E-state index in [9.17, 15) is 4.79 Å². The first kappa shape index (κ1) is 14.2. The number of carbonyl (C=O) groups excluding carboxylic acids is 1. The van der Waals surface area contributed by atoms with Crippen molar-refractivity contribution in [3.8, 4) is 0 Å². The number of nitrogens with one attached hydrogen (secondary N) is 1. The van der Waals surface area contributed by atoms with Gasteiger partial charge >= 0.3 is 0 Å². The van der Waals surface area contributed by atoms with Gasteiger partial charge in [-0.1, -0.05) is 28.1 Å². The van der Waals surface area contributed by atoms with Gasteiger partial charge in [0.15, 0.2) is 0 Å². The van der Waals surface area contributed by atoms with Crippen molar-refractivity contribution in [2.45, 2.75) is 25.5 Å². The van der Waals surface area contributed by atoms with Crippen LogP contribution in [0.5, 0.6) is 0 Å². The van der Waals surface area contributed by atoms with Crippen LogP contribution in [0.3, 0.4) is 0 Å². The van der Waals surface area contributed by atoms with E-state index in [0.717, 1.165) is 22.9 Å². The van der Waals surface area contributed by atoms with Gasteiger partial charge in [0.1, 0.15) is 12.4 Å². The number of benzene rings is 1. The molecular formula is C14H15BrN4O2. The summed E-state index contributed by atoms with van der Waals surface area (Å²) in [6.45, 7) is 1.25. The van der Waals surface area contributed by atoms with Crippen molar-refractivity contribution in [1.29, 1.82) is 0 Å². The van der Waals surface area contributed by atoms with Crippen LogP contribution < -0.4 is 5.32 Å². The molecule has 1 amide bonds. The maximum Gasteiger partial charge on any atom is 0.255 e. The minimum absolute atomic E-state index is 0.172. The molecule has 1 aliphatic heterocycles. The van der Waals surface area contributed by atoms with Gasteiger partial charge in [-0.2, -0.15) is 0 Å². The first-order valence-corrected chi connectivity index (χ1v) is 7.56. The molecule has 21 heavy (non-hydrogen) atoms. The highest BCUT2D eigenvalue weighted by Gasteiger charge is 2.24. The molecule has 110 valence electrons. The van der Waals surface area contributed by atoms with Gasteiger partial charge in [0.05, 0.1) is 6.54 Å². The number of amides is 1. The number of nitrogens with zero attached hydrogens (tertiary/aromatic N) is 3. The molecule has 0 saturated carbocycles. The van der Waals surface area contributed by atoms with Crippen LogP contribution >= 0.6 is 15.9 Å². The molecule has 1 atom stereocenters. The van der Waals surface area contributed by atoms with Crippen molar-refractivity contribution < 1.29 is 9.53 Å². The second kappa shape index (κ2) is 6.36. The highest BCUT2D eigenvalue weighted by atomic mass is 79.9. The zero-order chi connectivity index (χ0) is 14.7. The Kier molecular flexibility index (Phi) is 4.31. The van der Waals surface area contributed by atoms with Gasteiger partial charge in [0.2, 0.25) is 5.95 Å². The fraction of sp³-hybridized carbons (Fsp3) is 0.357. The third-order valence-corrected chi connectivity index (χ3v) is 3.78. The summed E-state index contributed by atoms with van der Waals surface area (Å²) in [5.74, 6) is 0.140. The molecule has 0 spiro atoms. The molecular weight excluding hydrogens is 336 g/mol. The third-order valence-electron chi connectivity index (χ3n) is 3.25. The van der Waals surface area contributed by atoms with E-state index in [0.29, 0.717) is 19.1 Å². The molecule has 7 heteroatoms. The standard InChI is InChI=1S/C14H15BrN4O2/c15-11-5-3-10(4-6-11)8-19-9-16-14(18-19)17-13(20)12-2-1-7-21-12/h3-6,9,12H,1-2,7-8H2,(H,17,18,20)/t12-/m1/s1. The van der Waals surface area contributed by atoms with Crippen molar-refractivity contribution in [2.75, 3.05) is 11.9 Å². The maximum absolute atomic E-state index is 11.9. The Morgan fingerprint density at radius 3 is 2.95 bits per heavy atom. The van der Waals surface area contributed by atoms with Crippen molar-refractivity contribution in [2.24, 2.45) is 0 Å². The van der Waals surface area contributed by atoms with Crippen molar-refractivity contribution in [1.82, 2.24) is 14.8 Å². The average molecular weight is 351 g/mol. The lowest BCUT2D eigenvalue weighted by molar-refractivity contribution is -0.124. The highest BCUT2D eigenvalue weighted by molar-refractivity contribution is 9.10. The van der Waals surface area contributed by atoms with E-state index in [1.54, 1.807) is 11.0 Å². The Hall–Kier alpha value is -1.73. The molecule has 0 radical (unpaired) electrons. The van der Waals surface area contributed by atoms with Gasteiger partial charge in [-0.3, -0.25) is 10.1 Å². The number of anilines is 1. The quantitative estimate of drug-likeness (QED) is 0.917. The molecule has 1 aliphatic rings. The highest BCUT2D eigenvalue weighted by Crippen LogP contribution is 2.14. The van der Waals surface area contributed by atoms with Crippen LogP contribution in [0, 0.1) is 0 Å². The lowest BCUT2D eigenvalue weighted by Crippen LogP contribution is -2.27. The zero-order valence-electron chi connectivity index (χ0n) is 11.3. The summed E-state index contributed by atoms with van der Waals surface area (Å²) in [5, 5.41) is 6.93. The Labute approximate surface area is 130 Å². The van der Waals surface area contributed by atoms with Gasteiger partial charge in [0, 0.05) is 11.1 Å². The molecule has 1 saturated heterocycles. The largest absolute Gasteiger partial charge is 0.368 e. The van der Waals surface area contributed by atoms with Gasteiger partial charge in [-0.05, 0) is 30.5 Å². The smallest absolute Gasteiger partial charge is 0.255 e. The Bertz CT molecular complexity index is 620. The van der Waals surface area contributed by atoms with Gasteiger partial charge in [-0.25, -0.2) is 9.67 Å². The predicted octanol–water partition coefficient (Wildman–Crippen LogP) is 2.21. The van der Waals surface area contributed by atoms with Gasteiger partial charge in [-0.15, -0.1) is 5.10 Å². The number of halogens is 1. The van der Waals surface area contributed by atoms with E-state index in [4.69, 9.17) is 4.74 Å². The molecule has 2 aromatic rings. The van der Waals surface area contributed by atoms with Gasteiger partial charge < -0.3 is 4.74 Å². The van der Waals surface area contributed by atoms with E-state index in [1.165, 1.54) is 0 Å². The molecule has 0 aliphatic carbocycles. The monoisotopic (exact) mass is 350 g/mol. The van der Waals surface area contributed by atoms with Crippen LogP contribution in [0.2, 0.25) is 0 Å². The molecule has 0 bridgehead atoms. The summed E-state index contributed by atoms with van der Waals surface area (Å²) in [6.07, 6.45) is 2.91. The first-order chi connectivity index (χ1) is 10.2. The molecule has 2 heterocycles. The predicted molar refractivity (Wildman–Crippen MR) is 80.9 cm³/mol. The number of rotatable bonds is 4. The second-order valence-corrected chi connectivity index (χ2v) is 5.80. The van der Waals surface area contributed by atoms with Crippen LogP contribution in [-0.2, 0) is 16.1 Å². The topological polar surface area (TPSA) is 69.0 Å². The molecule has 1 N–H and O–H groups in total. The van der Waals surface area contributed by atoms with Crippen LogP contribution in [0.1, 0.15) is 18.4 Å². The Morgan fingerprint density at radius 2 is 2.24 bits per heavy atom. The van der Waals surface area contributed by atoms with Crippen LogP contribution in [0.4, 0.5) is 5.95 Å². The number of hydrogen-bond donors (Lipinski definition) is 1. The zero-order valence-corrected chi connectivity index (χ0v) is 12.9. The van der Waals surface area contributed by atoms with E-state index in [-0.39, 0.29) is 12.0 Å². The summed E-state index contributed by atoms with van der Waals surface area (Å²) in [7, 11) is 0. The second-order valence-electron chi connectivity index (χ2n) is 4.88. The molecule has 1 aromatic heterocycles. The first-order valence-electron chi connectivity index (χ1n) is 6.77. The van der Waals surface area contributed by atoms with Crippen LogP contribution in [-0.4, -0.2) is 33.4 Å². The van der Waals surface area contributed by atoms with Crippen LogP contribution in [0.15, 0.2) is 35.1 Å². The van der Waals surface area contributed by atoms with E-state index in [2.05, 4.69) is 31.3 Å². The number of carbonyl (C=O) groups is 1. The minimum atomic E-state index is -0.372. The fourth-order valence-electron chi connectivity index (χ4n) is 2.18. The van der Waals surface area contributed by atoms with Crippen molar-refractivity contribution in [3.05, 3.63) is 40.6 Å². The summed E-state index contributed by atoms with van der Waals surface area (Å²) < 4.78 is 8.05. The van der Waals surface area contributed by atoms with Crippen molar-refractivity contribution >= 4 is 27.8 Å². The lowest BCUT2D eigenvalue weighted by Gasteiger charge is -2.07. The summed E-state index contributed by atoms with van der Waals surface area (Å²) in [6, 6.07) is 7.98. The van der Waals surface area contributed by atoms with E-state index < -0.39 is 0 Å². The summed E-state index contributed by atoms with van der Waals surface area (Å²) >= 11 is 3.40. The van der Waals surface area contributed by atoms with Crippen LogP contribution in [0.25, 0.3) is 0 Å². The molecule has 1 aromatic carbocycles. The van der Waals surface area contributed by atoms with E-state index >= 15 is 0 Å². The third kappa shape index (κ3) is 3.68. The SMILES string of the molecule is O=C(Nc1ncn(Cc2ccc(Br)cc2)n1)[C@H]1CCCO1. The van der Waals surface area contributed by atoms with Gasteiger partial charge in [0.25, 0.3) is 5.91 Å². The maximum atomic E-state index is 11.9. The number of ether oxygens (including phenoxy) is 1. The average Bonchev–Trinajstić information content (AvgIpc) is 3.13. The number of hydrogen-bond acceptors (Lipinski definition) is 4. The minimum Gasteiger partial charge on any atom is -0.368 e. The van der Waals surface area contributed by atoms with E-state index in [1.807, 2.05) is 24.3 Å². The Morgan fingerprint density at radius 1 is 1.43 bits per heavy atom. The lowest BCUT2D eigenvalue weighted by atomic mass is 10.2. The van der Waals surface area contributed by atoms with Crippen molar-refractivity contribution in [3.63, 3.8) is 0 Å². The summed E-state index contributed by atoms with van der Waals surface area (Å²) in [4.78, 5) is 16.0. The number of aromatic nitrogens is 3. The molecule has 1 fully saturated rings. The molecule has 6 nitrogen and oxygen atoms in total.